The number of rotatable bonds is 5. The average Bonchev–Trinajstić information content (AvgIpc) is 3.24. The van der Waals surface area contributed by atoms with E-state index in [0.717, 1.165) is 17.0 Å². The largest absolute Gasteiger partial charge is 0.508 e. The van der Waals surface area contributed by atoms with Crippen LogP contribution in [0.15, 0.2) is 64.8 Å². The SMILES string of the molecule is CC1=CC(=O)C2=C(CC3C(=CCC4C(=O)N(c5cc([N+](=O)[O-])c(N(C)C)c([N+](=O)[O-])c5)C(=O)C43)C2c2ccc(O)c(C)c2)C1=O. The van der Waals surface area contributed by atoms with E-state index < -0.39 is 56.7 Å². The predicted molar refractivity (Wildman–Crippen MR) is 161 cm³/mol. The lowest BCUT2D eigenvalue weighted by atomic mass is 9.59. The summed E-state index contributed by atoms with van der Waals surface area (Å²) in [5.41, 5.74) is 0.869. The lowest BCUT2D eigenvalue weighted by Gasteiger charge is -2.42. The maximum Gasteiger partial charge on any atom is 0.301 e. The number of carbonyl (C=O) groups is 4. The molecule has 6 rings (SSSR count). The standard InChI is InChI=1S/C32H28N4O9/c1-14-9-16(5-8-24(14)37)26-18-6-7-19-27(20(18)13-21-28(26)25(38)10-15(2)30(21)39)32(41)34(31(19)40)17-11-22(35(42)43)29(33(3)4)23(12-17)36(44)45/h5-6,8-12,19-20,26-27,37H,7,13H2,1-4H3. The van der Waals surface area contributed by atoms with Crippen LogP contribution >= 0.6 is 0 Å². The van der Waals surface area contributed by atoms with Gasteiger partial charge in [-0.3, -0.25) is 39.4 Å². The summed E-state index contributed by atoms with van der Waals surface area (Å²) in [7, 11) is 2.82. The quantitative estimate of drug-likeness (QED) is 0.169. The van der Waals surface area contributed by atoms with Crippen molar-refractivity contribution in [2.45, 2.75) is 32.6 Å². The molecule has 2 amide bonds. The molecule has 2 aromatic rings. The van der Waals surface area contributed by atoms with Gasteiger partial charge in [0.1, 0.15) is 5.75 Å². The first-order chi connectivity index (χ1) is 21.2. The number of Topliss-reactive ketones (excluding diaryl/α,β-unsaturated/α-hetero) is 1. The second kappa shape index (κ2) is 10.3. The number of carbonyl (C=O) groups excluding carboxylic acids is 4. The Morgan fingerprint density at radius 2 is 1.58 bits per heavy atom. The van der Waals surface area contributed by atoms with Crippen LogP contribution in [0.3, 0.4) is 0 Å². The smallest absolute Gasteiger partial charge is 0.301 e. The Labute approximate surface area is 256 Å². The molecule has 13 nitrogen and oxygen atoms in total. The van der Waals surface area contributed by atoms with E-state index in [0.29, 0.717) is 22.3 Å². The number of ketones is 2. The van der Waals surface area contributed by atoms with E-state index in [1.807, 2.05) is 6.08 Å². The molecule has 3 aliphatic carbocycles. The molecule has 1 aliphatic heterocycles. The van der Waals surface area contributed by atoms with Crippen LogP contribution in [0, 0.1) is 44.9 Å². The van der Waals surface area contributed by atoms with Crippen LogP contribution in [0.5, 0.6) is 5.75 Å². The number of hydrogen-bond acceptors (Lipinski definition) is 10. The summed E-state index contributed by atoms with van der Waals surface area (Å²) in [5, 5.41) is 34.1. The molecule has 4 unspecified atom stereocenters. The molecule has 0 bridgehead atoms. The minimum absolute atomic E-state index is 0.0262. The highest BCUT2D eigenvalue weighted by molar-refractivity contribution is 6.25. The lowest BCUT2D eigenvalue weighted by molar-refractivity contribution is -0.392. The third kappa shape index (κ3) is 4.37. The van der Waals surface area contributed by atoms with Crippen LogP contribution in [0.25, 0.3) is 0 Å². The van der Waals surface area contributed by atoms with Crippen molar-refractivity contribution in [3.05, 3.63) is 96.1 Å². The van der Waals surface area contributed by atoms with Crippen molar-refractivity contribution in [2.75, 3.05) is 23.9 Å². The van der Waals surface area contributed by atoms with Gasteiger partial charge in [-0.2, -0.15) is 0 Å². The molecule has 13 heteroatoms. The Bertz CT molecular complexity index is 1850. The van der Waals surface area contributed by atoms with Gasteiger partial charge in [-0.15, -0.1) is 0 Å². The number of aryl methyl sites for hydroxylation is 1. The summed E-state index contributed by atoms with van der Waals surface area (Å²) in [6, 6.07) is 6.87. The number of nitrogens with zero attached hydrogens (tertiary/aromatic N) is 4. The molecule has 230 valence electrons. The molecular formula is C32H28N4O9. The fourth-order valence-electron chi connectivity index (χ4n) is 7.33. The van der Waals surface area contributed by atoms with Crippen molar-refractivity contribution in [1.82, 2.24) is 0 Å². The zero-order chi connectivity index (χ0) is 32.6. The van der Waals surface area contributed by atoms with Gasteiger partial charge in [0.05, 0.1) is 27.4 Å². The molecule has 0 radical (unpaired) electrons. The molecule has 1 heterocycles. The number of allylic oxidation sites excluding steroid dienone is 6. The van der Waals surface area contributed by atoms with Gasteiger partial charge in [-0.25, -0.2) is 4.90 Å². The number of fused-ring (bicyclic) bond motifs is 3. The molecule has 2 aromatic carbocycles. The summed E-state index contributed by atoms with van der Waals surface area (Å²) >= 11 is 0. The Balaban J connectivity index is 1.49. The molecule has 1 saturated heterocycles. The number of phenols is 1. The highest BCUT2D eigenvalue weighted by Gasteiger charge is 2.57. The Morgan fingerprint density at radius 1 is 0.933 bits per heavy atom. The third-order valence-corrected chi connectivity index (χ3v) is 9.27. The van der Waals surface area contributed by atoms with E-state index >= 15 is 0 Å². The first-order valence-corrected chi connectivity index (χ1v) is 14.2. The second-order valence-electron chi connectivity index (χ2n) is 12.0. The van der Waals surface area contributed by atoms with Crippen LogP contribution in [0.4, 0.5) is 22.7 Å². The number of nitro groups is 2. The molecule has 1 N–H and O–H groups in total. The number of amides is 2. The van der Waals surface area contributed by atoms with Crippen molar-refractivity contribution < 1.29 is 34.1 Å². The minimum Gasteiger partial charge on any atom is -0.508 e. The first kappa shape index (κ1) is 29.6. The topological polar surface area (TPSA) is 181 Å². The fraction of sp³-hybridized carbons (Fsp3) is 0.312. The molecule has 0 aromatic heterocycles. The third-order valence-electron chi connectivity index (χ3n) is 9.27. The summed E-state index contributed by atoms with van der Waals surface area (Å²) in [5.74, 6) is -5.18. The molecule has 4 atom stereocenters. The number of hydrogen-bond donors (Lipinski definition) is 1. The van der Waals surface area contributed by atoms with Crippen molar-refractivity contribution in [3.8, 4) is 5.75 Å². The zero-order valence-electron chi connectivity index (χ0n) is 24.8. The highest BCUT2D eigenvalue weighted by atomic mass is 16.6. The van der Waals surface area contributed by atoms with Gasteiger partial charge < -0.3 is 10.0 Å². The van der Waals surface area contributed by atoms with E-state index in [9.17, 15) is 44.5 Å². The van der Waals surface area contributed by atoms with Gasteiger partial charge in [-0.1, -0.05) is 23.8 Å². The Morgan fingerprint density at radius 3 is 2.16 bits per heavy atom. The summed E-state index contributed by atoms with van der Waals surface area (Å²) in [6.07, 6.45) is 3.26. The fourth-order valence-corrected chi connectivity index (χ4v) is 7.33. The van der Waals surface area contributed by atoms with Gasteiger partial charge in [0.15, 0.2) is 17.3 Å². The van der Waals surface area contributed by atoms with Gasteiger partial charge >= 0.3 is 11.4 Å². The van der Waals surface area contributed by atoms with Crippen LogP contribution in [0.2, 0.25) is 0 Å². The normalized spacial score (nSPS) is 24.1. The molecule has 0 saturated carbocycles. The number of benzene rings is 2. The molecule has 0 spiro atoms. The van der Waals surface area contributed by atoms with E-state index in [-0.39, 0.29) is 52.7 Å². The van der Waals surface area contributed by atoms with E-state index in [2.05, 4.69) is 0 Å². The predicted octanol–water partition coefficient (Wildman–Crippen LogP) is 4.22. The van der Waals surface area contributed by atoms with Crippen molar-refractivity contribution in [3.63, 3.8) is 0 Å². The number of aromatic hydroxyl groups is 1. The van der Waals surface area contributed by atoms with Gasteiger partial charge in [0.2, 0.25) is 11.8 Å². The van der Waals surface area contributed by atoms with Crippen molar-refractivity contribution >= 4 is 46.1 Å². The van der Waals surface area contributed by atoms with Gasteiger partial charge in [0, 0.05) is 48.9 Å². The molecular weight excluding hydrogens is 584 g/mol. The van der Waals surface area contributed by atoms with Crippen molar-refractivity contribution in [1.29, 1.82) is 0 Å². The van der Waals surface area contributed by atoms with Gasteiger partial charge in [0.25, 0.3) is 0 Å². The number of nitro benzene ring substituents is 2. The van der Waals surface area contributed by atoms with Crippen LogP contribution in [-0.2, 0) is 19.2 Å². The number of anilines is 2. The van der Waals surface area contributed by atoms with E-state index in [1.165, 1.54) is 31.1 Å². The van der Waals surface area contributed by atoms with Gasteiger partial charge in [-0.05, 0) is 55.9 Å². The Kier molecular flexibility index (Phi) is 6.79. The van der Waals surface area contributed by atoms with E-state index in [1.54, 1.807) is 26.0 Å². The number of imide groups is 1. The van der Waals surface area contributed by atoms with Crippen LogP contribution in [-0.4, -0.2) is 52.4 Å². The molecule has 1 fully saturated rings. The zero-order valence-corrected chi connectivity index (χ0v) is 24.8. The summed E-state index contributed by atoms with van der Waals surface area (Å²) in [4.78, 5) is 79.3. The van der Waals surface area contributed by atoms with E-state index in [4.69, 9.17) is 0 Å². The maximum atomic E-state index is 14.2. The molecule has 4 aliphatic rings. The minimum atomic E-state index is -0.979. The van der Waals surface area contributed by atoms with Crippen LogP contribution < -0.4 is 9.80 Å². The monoisotopic (exact) mass is 612 g/mol. The average molecular weight is 613 g/mol. The van der Waals surface area contributed by atoms with Crippen molar-refractivity contribution in [2.24, 2.45) is 17.8 Å². The Hall–Kier alpha value is -5.46. The van der Waals surface area contributed by atoms with Crippen LogP contribution in [0.1, 0.15) is 36.8 Å². The maximum absolute atomic E-state index is 14.2. The lowest BCUT2D eigenvalue weighted by Crippen LogP contribution is -2.39. The summed E-state index contributed by atoms with van der Waals surface area (Å²) in [6.45, 7) is 3.25. The highest BCUT2D eigenvalue weighted by Crippen LogP contribution is 2.56. The number of phenolic OH excluding ortho intramolecular Hbond substituents is 1. The summed E-state index contributed by atoms with van der Waals surface area (Å²) < 4.78 is 0. The second-order valence-corrected chi connectivity index (χ2v) is 12.0. The molecule has 45 heavy (non-hydrogen) atoms. The first-order valence-electron chi connectivity index (χ1n) is 14.2.